The summed E-state index contributed by atoms with van der Waals surface area (Å²) in [6, 6.07) is 16.9. The fourth-order valence-electron chi connectivity index (χ4n) is 2.09. The highest BCUT2D eigenvalue weighted by molar-refractivity contribution is 7.12. The molecule has 0 unspecified atom stereocenters. The Morgan fingerprint density at radius 1 is 1.13 bits per heavy atom. The SMILES string of the molecule is CN(C(=O)c1sccc1C#N)c1ccc(-c2ccccc2)nn1. The summed E-state index contributed by atoms with van der Waals surface area (Å²) in [5.74, 6) is 0.172. The standard InChI is InChI=1S/C17H12N4OS/c1-21(17(22)16-13(11-18)9-10-23-16)15-8-7-14(19-20-15)12-5-3-2-4-6-12/h2-10H,1H3. The van der Waals surface area contributed by atoms with Crippen LogP contribution in [0.25, 0.3) is 11.3 Å². The molecule has 6 heteroatoms. The van der Waals surface area contributed by atoms with Crippen LogP contribution in [0.5, 0.6) is 0 Å². The number of nitrogens with zero attached hydrogens (tertiary/aromatic N) is 4. The van der Waals surface area contributed by atoms with Crippen LogP contribution in [0, 0.1) is 11.3 Å². The van der Waals surface area contributed by atoms with Crippen molar-refractivity contribution in [2.45, 2.75) is 0 Å². The van der Waals surface area contributed by atoms with E-state index < -0.39 is 0 Å². The summed E-state index contributed by atoms with van der Waals surface area (Å²) >= 11 is 1.24. The molecule has 5 nitrogen and oxygen atoms in total. The fraction of sp³-hybridized carbons (Fsp3) is 0.0588. The maximum absolute atomic E-state index is 12.5. The van der Waals surface area contributed by atoms with Crippen LogP contribution in [0.1, 0.15) is 15.2 Å². The van der Waals surface area contributed by atoms with Gasteiger partial charge >= 0.3 is 0 Å². The summed E-state index contributed by atoms with van der Waals surface area (Å²) in [6.07, 6.45) is 0. The molecule has 2 aromatic heterocycles. The highest BCUT2D eigenvalue weighted by Crippen LogP contribution is 2.22. The Kier molecular flexibility index (Phi) is 4.13. The van der Waals surface area contributed by atoms with E-state index in [2.05, 4.69) is 10.2 Å². The van der Waals surface area contributed by atoms with E-state index in [9.17, 15) is 4.79 Å². The van der Waals surface area contributed by atoms with Crippen molar-refractivity contribution >= 4 is 23.1 Å². The molecule has 0 atom stereocenters. The van der Waals surface area contributed by atoms with E-state index in [1.54, 1.807) is 24.6 Å². The molecule has 112 valence electrons. The number of anilines is 1. The molecule has 3 aromatic rings. The number of nitriles is 1. The Bertz CT molecular complexity index is 866. The predicted octanol–water partition coefficient (Wildman–Crippen LogP) is 3.35. The first-order valence-electron chi connectivity index (χ1n) is 6.85. The molecule has 3 rings (SSSR count). The molecule has 0 aliphatic carbocycles. The van der Waals surface area contributed by atoms with Gasteiger partial charge < -0.3 is 0 Å². The maximum atomic E-state index is 12.5. The zero-order valence-electron chi connectivity index (χ0n) is 12.3. The van der Waals surface area contributed by atoms with Gasteiger partial charge in [-0.05, 0) is 23.6 Å². The van der Waals surface area contributed by atoms with Gasteiger partial charge in [0, 0.05) is 12.6 Å². The summed E-state index contributed by atoms with van der Waals surface area (Å²) in [6.45, 7) is 0. The van der Waals surface area contributed by atoms with Gasteiger partial charge in [-0.2, -0.15) is 5.26 Å². The summed E-state index contributed by atoms with van der Waals surface area (Å²) in [4.78, 5) is 14.3. The Labute approximate surface area is 137 Å². The Morgan fingerprint density at radius 2 is 1.91 bits per heavy atom. The Hall–Kier alpha value is -3.04. The van der Waals surface area contributed by atoms with Gasteiger partial charge in [0.25, 0.3) is 5.91 Å². The number of hydrogen-bond donors (Lipinski definition) is 0. The number of thiophene rings is 1. The van der Waals surface area contributed by atoms with Crippen LogP contribution in [0.4, 0.5) is 5.82 Å². The van der Waals surface area contributed by atoms with Crippen molar-refractivity contribution in [2.24, 2.45) is 0 Å². The number of carbonyl (C=O) groups is 1. The third-order valence-electron chi connectivity index (χ3n) is 3.35. The smallest absolute Gasteiger partial charge is 0.270 e. The molecule has 0 saturated carbocycles. The Balaban J connectivity index is 1.85. The molecule has 23 heavy (non-hydrogen) atoms. The van der Waals surface area contributed by atoms with Gasteiger partial charge in [0.15, 0.2) is 5.82 Å². The van der Waals surface area contributed by atoms with Gasteiger partial charge in [-0.15, -0.1) is 21.5 Å². The van der Waals surface area contributed by atoms with Crippen molar-refractivity contribution < 1.29 is 4.79 Å². The third kappa shape index (κ3) is 2.96. The van der Waals surface area contributed by atoms with Crippen LogP contribution in [0.2, 0.25) is 0 Å². The predicted molar refractivity (Wildman–Crippen MR) is 89.2 cm³/mol. The topological polar surface area (TPSA) is 69.9 Å². The van der Waals surface area contributed by atoms with E-state index >= 15 is 0 Å². The van der Waals surface area contributed by atoms with E-state index in [-0.39, 0.29) is 5.91 Å². The van der Waals surface area contributed by atoms with Gasteiger partial charge in [0.05, 0.1) is 11.3 Å². The largest absolute Gasteiger partial charge is 0.294 e. The van der Waals surface area contributed by atoms with Gasteiger partial charge in [0.2, 0.25) is 0 Å². The highest BCUT2D eigenvalue weighted by Gasteiger charge is 2.19. The monoisotopic (exact) mass is 320 g/mol. The number of rotatable bonds is 3. The quantitative estimate of drug-likeness (QED) is 0.742. The van der Waals surface area contributed by atoms with Crippen LogP contribution < -0.4 is 4.90 Å². The van der Waals surface area contributed by atoms with Crippen molar-refractivity contribution in [2.75, 3.05) is 11.9 Å². The number of carbonyl (C=O) groups excluding carboxylic acids is 1. The van der Waals surface area contributed by atoms with Crippen molar-refractivity contribution in [1.82, 2.24) is 10.2 Å². The fourth-order valence-corrected chi connectivity index (χ4v) is 2.90. The van der Waals surface area contributed by atoms with Gasteiger partial charge in [-0.3, -0.25) is 9.69 Å². The summed E-state index contributed by atoms with van der Waals surface area (Å²) in [7, 11) is 1.62. The van der Waals surface area contributed by atoms with Crippen molar-refractivity contribution in [3.05, 3.63) is 64.4 Å². The van der Waals surface area contributed by atoms with Crippen molar-refractivity contribution in [1.29, 1.82) is 5.26 Å². The molecular formula is C17H12N4OS. The van der Waals surface area contributed by atoms with E-state index in [0.717, 1.165) is 11.3 Å². The van der Waals surface area contributed by atoms with Crippen LogP contribution in [-0.2, 0) is 0 Å². The lowest BCUT2D eigenvalue weighted by Crippen LogP contribution is -2.27. The molecule has 0 saturated heterocycles. The number of aromatic nitrogens is 2. The van der Waals surface area contributed by atoms with E-state index in [4.69, 9.17) is 5.26 Å². The molecule has 0 spiro atoms. The lowest BCUT2D eigenvalue weighted by atomic mass is 10.1. The van der Waals surface area contributed by atoms with Crippen LogP contribution in [-0.4, -0.2) is 23.2 Å². The Morgan fingerprint density at radius 3 is 2.57 bits per heavy atom. The highest BCUT2D eigenvalue weighted by atomic mass is 32.1. The van der Waals surface area contributed by atoms with Gasteiger partial charge in [-0.25, -0.2) is 0 Å². The minimum Gasteiger partial charge on any atom is -0.294 e. The summed E-state index contributed by atoms with van der Waals surface area (Å²) < 4.78 is 0. The normalized spacial score (nSPS) is 10.1. The first-order valence-corrected chi connectivity index (χ1v) is 7.73. The lowest BCUT2D eigenvalue weighted by Gasteiger charge is -2.15. The van der Waals surface area contributed by atoms with E-state index in [1.165, 1.54) is 16.2 Å². The minimum absolute atomic E-state index is 0.265. The summed E-state index contributed by atoms with van der Waals surface area (Å²) in [5.41, 5.74) is 2.08. The number of benzene rings is 1. The molecule has 1 amide bonds. The molecule has 0 N–H and O–H groups in total. The maximum Gasteiger partial charge on any atom is 0.270 e. The van der Waals surface area contributed by atoms with E-state index in [1.807, 2.05) is 42.5 Å². The van der Waals surface area contributed by atoms with Gasteiger partial charge in [-0.1, -0.05) is 30.3 Å². The molecule has 0 aliphatic rings. The molecule has 0 radical (unpaired) electrons. The third-order valence-corrected chi connectivity index (χ3v) is 4.25. The first kappa shape index (κ1) is 14.9. The average Bonchev–Trinajstić information content (AvgIpc) is 3.10. The molecule has 1 aromatic carbocycles. The van der Waals surface area contributed by atoms with E-state index in [0.29, 0.717) is 16.3 Å². The molecule has 0 fully saturated rings. The molecule has 0 bridgehead atoms. The number of hydrogen-bond acceptors (Lipinski definition) is 5. The molecule has 2 heterocycles. The van der Waals surface area contributed by atoms with Crippen LogP contribution in [0.15, 0.2) is 53.9 Å². The second-order valence-electron chi connectivity index (χ2n) is 4.78. The average molecular weight is 320 g/mol. The van der Waals surface area contributed by atoms with Gasteiger partial charge in [0.1, 0.15) is 10.9 Å². The first-order chi connectivity index (χ1) is 11.2. The summed E-state index contributed by atoms with van der Waals surface area (Å²) in [5, 5.41) is 19.0. The second-order valence-corrected chi connectivity index (χ2v) is 5.70. The van der Waals surface area contributed by atoms with Crippen LogP contribution >= 0.6 is 11.3 Å². The zero-order valence-corrected chi connectivity index (χ0v) is 13.1. The number of amides is 1. The zero-order chi connectivity index (χ0) is 16.2. The molecule has 0 aliphatic heterocycles. The second kappa shape index (κ2) is 6.38. The lowest BCUT2D eigenvalue weighted by molar-refractivity contribution is 0.0995. The van der Waals surface area contributed by atoms with Crippen LogP contribution in [0.3, 0.4) is 0 Å². The minimum atomic E-state index is -0.265. The molecular weight excluding hydrogens is 308 g/mol. The van der Waals surface area contributed by atoms with Crippen molar-refractivity contribution in [3.8, 4) is 17.3 Å². The van der Waals surface area contributed by atoms with Crippen molar-refractivity contribution in [3.63, 3.8) is 0 Å².